The minimum absolute atomic E-state index is 0.0357. The molecule has 0 amide bonds. The van der Waals surface area contributed by atoms with Gasteiger partial charge in [0.05, 0.1) is 142 Å². The van der Waals surface area contributed by atoms with Crippen LogP contribution in [0.3, 0.4) is 0 Å². The Morgan fingerprint density at radius 3 is 0.505 bits per heavy atom. The second-order valence-corrected chi connectivity index (χ2v) is 23.5. The van der Waals surface area contributed by atoms with Crippen molar-refractivity contribution >= 4 is 41.8 Å². The number of hydrogen-bond donors (Lipinski definition) is 8. The van der Waals surface area contributed by atoms with Gasteiger partial charge in [0.25, 0.3) is 0 Å². The third-order valence-electron chi connectivity index (χ3n) is 12.3. The maximum absolute atomic E-state index is 12.3. The van der Waals surface area contributed by atoms with Crippen LogP contribution in [0, 0.1) is 16.2 Å². The Morgan fingerprint density at radius 2 is 0.368 bits per heavy atom. The lowest BCUT2D eigenvalue weighted by Crippen LogP contribution is -2.48. The third-order valence-corrected chi connectivity index (χ3v) is 12.3. The van der Waals surface area contributed by atoms with Crippen molar-refractivity contribution in [3.05, 3.63) is 85.1 Å². The molecule has 0 aromatic heterocycles. The molecule has 0 aliphatic heterocycles. The molecular weight excluding hydrogens is 1260 g/mol. The molecule has 0 aliphatic carbocycles. The average Bonchev–Trinajstić information content (AvgIpc) is 1.33. The highest BCUT2D eigenvalue weighted by molar-refractivity contribution is 5.89. The van der Waals surface area contributed by atoms with E-state index >= 15 is 0 Å². The summed E-state index contributed by atoms with van der Waals surface area (Å²) in [5.41, 5.74) is -4.49. The Hall–Kier alpha value is -6.21. The van der Waals surface area contributed by atoms with E-state index in [0.29, 0.717) is 0 Å². The Balaban J connectivity index is 7.99. The van der Waals surface area contributed by atoms with Crippen molar-refractivity contribution in [2.75, 3.05) is 172 Å². The lowest BCUT2D eigenvalue weighted by molar-refractivity contribution is -0.169. The predicted molar refractivity (Wildman–Crippen MR) is 334 cm³/mol. The molecule has 0 aliphatic rings. The molecule has 0 rings (SSSR count). The normalized spacial score (nSPS) is 15.4. The smallest absolute Gasteiger partial charge is 0.333 e. The fourth-order valence-corrected chi connectivity index (χ4v) is 7.01. The number of rotatable bonds is 58. The Morgan fingerprint density at radius 1 is 0.242 bits per heavy atom. The van der Waals surface area contributed by atoms with Crippen LogP contribution in [0.5, 0.6) is 0 Å². The summed E-state index contributed by atoms with van der Waals surface area (Å²) in [6, 6.07) is 0. The molecule has 0 bridgehead atoms. The first-order valence-electron chi connectivity index (χ1n) is 29.9. The van der Waals surface area contributed by atoms with Crippen LogP contribution in [0.1, 0.15) is 48.5 Å². The standard InChI is InChI=1S/C64H102O31/c1-41(2)55(73)89-22-48(66)15-80-30-62(29-65,31-81-16-49(67)23-90-56(74)42(3)4)32-87-39-64(36-85-20-53(71)27-94-60(78)46(11)12,37-86-21-54(72)28-95-61(79)47(13)14)40-88-38-63(33-82-17-50(68)24-91-57(75)43(5)6,34-83-18-51(69)25-92-58(76)44(7)8)35-84-19-52(70)26-93-59(77)45(9)10/h48-54,65-72H,1,3,5,7,9,11,13,15-40H2,2,4,6,8,10,12,14H3. The van der Waals surface area contributed by atoms with Crippen molar-refractivity contribution in [2.45, 2.75) is 91.2 Å². The molecule has 0 fully saturated rings. The van der Waals surface area contributed by atoms with Gasteiger partial charge in [0, 0.05) is 39.0 Å². The lowest BCUT2D eigenvalue weighted by atomic mass is 9.89. The van der Waals surface area contributed by atoms with Crippen molar-refractivity contribution in [3.63, 3.8) is 0 Å². The summed E-state index contributed by atoms with van der Waals surface area (Å²) in [6.07, 6.45) is -9.99. The molecule has 0 radical (unpaired) electrons. The number of hydrogen-bond acceptors (Lipinski definition) is 31. The molecule has 0 heterocycles. The molecule has 0 spiro atoms. The van der Waals surface area contributed by atoms with Crippen LogP contribution in [0.25, 0.3) is 0 Å². The summed E-state index contributed by atoms with van der Waals surface area (Å²) in [5.74, 6) is -5.60. The molecule has 31 heteroatoms. The van der Waals surface area contributed by atoms with Gasteiger partial charge in [-0.3, -0.25) is 0 Å². The SMILES string of the molecule is C=C(C)C(=O)OCC(O)COCC(CO)(COCC(O)COC(=O)C(=C)C)COCC(COCC(O)COC(=O)C(=C)C)(COCC(O)COC(=O)C(=C)C)COCC(COCC(O)COC(=O)C(=C)C)(COCC(O)COC(=O)C(=C)C)COCC(O)COC(=O)C(=C)C. The number of carbonyl (C=O) groups is 7. The van der Waals surface area contributed by atoms with Gasteiger partial charge in [-0.15, -0.1) is 0 Å². The maximum atomic E-state index is 12.3. The second-order valence-electron chi connectivity index (χ2n) is 23.5. The highest BCUT2D eigenvalue weighted by Gasteiger charge is 2.40. The van der Waals surface area contributed by atoms with E-state index < -0.39 is 273 Å². The lowest BCUT2D eigenvalue weighted by Gasteiger charge is -2.38. The number of aliphatic hydroxyl groups is 8. The second kappa shape index (κ2) is 48.5. The Labute approximate surface area is 554 Å². The Bertz CT molecular complexity index is 2270. The predicted octanol–water partition coefficient (Wildman–Crippen LogP) is -0.551. The molecule has 544 valence electrons. The van der Waals surface area contributed by atoms with Crippen LogP contribution in [0.4, 0.5) is 0 Å². The van der Waals surface area contributed by atoms with Crippen LogP contribution in [0.2, 0.25) is 0 Å². The summed E-state index contributed by atoms with van der Waals surface area (Å²) in [4.78, 5) is 85.2. The molecule has 0 aromatic carbocycles. The van der Waals surface area contributed by atoms with Crippen LogP contribution in [-0.4, -0.2) is 297 Å². The van der Waals surface area contributed by atoms with Crippen LogP contribution in [-0.2, 0) is 109 Å². The summed E-state index contributed by atoms with van der Waals surface area (Å²) in [7, 11) is 0. The van der Waals surface area contributed by atoms with E-state index in [2.05, 4.69) is 46.1 Å². The van der Waals surface area contributed by atoms with Crippen molar-refractivity contribution in [1.29, 1.82) is 0 Å². The molecular formula is C64H102O31. The first kappa shape index (κ1) is 88.8. The zero-order valence-electron chi connectivity index (χ0n) is 55.8. The third kappa shape index (κ3) is 41.5. The van der Waals surface area contributed by atoms with Crippen molar-refractivity contribution in [2.24, 2.45) is 16.2 Å². The van der Waals surface area contributed by atoms with E-state index in [0.717, 1.165) is 0 Å². The molecule has 0 aromatic rings. The van der Waals surface area contributed by atoms with Gasteiger partial charge in [-0.1, -0.05) is 46.1 Å². The van der Waals surface area contributed by atoms with Crippen molar-refractivity contribution < 1.29 is 150 Å². The fourth-order valence-electron chi connectivity index (χ4n) is 7.01. The van der Waals surface area contributed by atoms with E-state index in [9.17, 15) is 74.4 Å². The van der Waals surface area contributed by atoms with Gasteiger partial charge in [0.1, 0.15) is 89.0 Å². The number of ether oxygens (including phenoxy) is 16. The topological polar surface area (TPSA) is 429 Å². The maximum Gasteiger partial charge on any atom is 0.333 e. The first-order valence-corrected chi connectivity index (χ1v) is 29.9. The van der Waals surface area contributed by atoms with Gasteiger partial charge in [-0.25, -0.2) is 33.6 Å². The van der Waals surface area contributed by atoms with Gasteiger partial charge in [0.2, 0.25) is 0 Å². The van der Waals surface area contributed by atoms with Crippen molar-refractivity contribution in [1.82, 2.24) is 0 Å². The van der Waals surface area contributed by atoms with Gasteiger partial charge >= 0.3 is 41.8 Å². The zero-order valence-corrected chi connectivity index (χ0v) is 55.8. The monoisotopic (exact) mass is 1370 g/mol. The molecule has 95 heavy (non-hydrogen) atoms. The summed E-state index contributed by atoms with van der Waals surface area (Å²) >= 11 is 0. The van der Waals surface area contributed by atoms with E-state index in [1.165, 1.54) is 48.5 Å². The molecule has 0 saturated heterocycles. The molecule has 31 nitrogen and oxygen atoms in total. The van der Waals surface area contributed by atoms with Crippen LogP contribution >= 0.6 is 0 Å². The summed E-state index contributed by atoms with van der Waals surface area (Å²) in [6.45, 7) is 21.0. The number of esters is 7. The van der Waals surface area contributed by atoms with Gasteiger partial charge < -0.3 is 117 Å². The molecule has 7 unspecified atom stereocenters. The van der Waals surface area contributed by atoms with Crippen LogP contribution in [0.15, 0.2) is 85.1 Å². The fraction of sp³-hybridized carbons (Fsp3) is 0.672. The first-order chi connectivity index (χ1) is 44.5. The zero-order chi connectivity index (χ0) is 72.3. The van der Waals surface area contributed by atoms with E-state index in [1.54, 1.807) is 0 Å². The van der Waals surface area contributed by atoms with E-state index in [-0.39, 0.29) is 39.0 Å². The summed E-state index contributed by atoms with van der Waals surface area (Å²) < 4.78 is 90.3. The average molecular weight is 1370 g/mol. The van der Waals surface area contributed by atoms with Crippen molar-refractivity contribution in [3.8, 4) is 0 Å². The van der Waals surface area contributed by atoms with Gasteiger partial charge in [-0.05, 0) is 48.5 Å². The minimum Gasteiger partial charge on any atom is -0.460 e. The highest BCUT2D eigenvalue weighted by atomic mass is 16.6. The Kier molecular flexibility index (Phi) is 45.3. The van der Waals surface area contributed by atoms with Gasteiger partial charge in [-0.2, -0.15) is 0 Å². The molecule has 7 atom stereocenters. The largest absolute Gasteiger partial charge is 0.460 e. The number of aliphatic hydroxyl groups excluding tert-OH is 8. The number of carbonyl (C=O) groups excluding carboxylic acids is 7. The molecule has 8 N–H and O–H groups in total. The van der Waals surface area contributed by atoms with E-state index in [4.69, 9.17) is 75.8 Å². The molecule has 0 saturated carbocycles. The van der Waals surface area contributed by atoms with Crippen LogP contribution < -0.4 is 0 Å². The van der Waals surface area contributed by atoms with E-state index in [1.807, 2.05) is 0 Å². The highest BCUT2D eigenvalue weighted by Crippen LogP contribution is 2.28. The quantitative estimate of drug-likeness (QED) is 0.0215. The van der Waals surface area contributed by atoms with Gasteiger partial charge in [0.15, 0.2) is 0 Å². The minimum atomic E-state index is -1.65. The summed E-state index contributed by atoms with van der Waals surface area (Å²) in [5, 5.41) is 87.0.